The number of carbonyl (C=O) groups is 1. The number of benzene rings is 2. The molecule has 0 aliphatic carbocycles. The highest BCUT2D eigenvalue weighted by molar-refractivity contribution is 5.86. The van der Waals surface area contributed by atoms with E-state index >= 15 is 4.39 Å². The normalized spacial score (nSPS) is 14.9. The maximum atomic E-state index is 15.3. The highest BCUT2D eigenvalue weighted by Crippen LogP contribution is 2.42. The molecule has 0 unspecified atom stereocenters. The van der Waals surface area contributed by atoms with E-state index in [-0.39, 0.29) is 36.6 Å². The van der Waals surface area contributed by atoms with E-state index in [1.165, 1.54) is 24.3 Å². The number of piperidine rings is 1. The van der Waals surface area contributed by atoms with Gasteiger partial charge >= 0.3 is 5.97 Å². The van der Waals surface area contributed by atoms with Gasteiger partial charge in [0.05, 0.1) is 31.0 Å². The van der Waals surface area contributed by atoms with Crippen molar-refractivity contribution in [3.8, 4) is 16.9 Å². The first-order chi connectivity index (χ1) is 18.1. The molecule has 1 saturated heterocycles. The van der Waals surface area contributed by atoms with Gasteiger partial charge in [-0.1, -0.05) is 32.0 Å². The quantitative estimate of drug-likeness (QED) is 0.374. The Bertz CT molecular complexity index is 1300. The molecular weight excluding hydrogens is 490 g/mol. The molecule has 6 nitrogen and oxygen atoms in total. The zero-order valence-corrected chi connectivity index (χ0v) is 22.1. The van der Waals surface area contributed by atoms with Crippen LogP contribution in [0.3, 0.4) is 0 Å². The maximum absolute atomic E-state index is 15.3. The van der Waals surface area contributed by atoms with Gasteiger partial charge in [-0.2, -0.15) is 0 Å². The number of carboxylic acid groups (broad SMARTS) is 1. The van der Waals surface area contributed by atoms with Crippen LogP contribution in [0.25, 0.3) is 11.1 Å². The van der Waals surface area contributed by atoms with Crippen molar-refractivity contribution in [2.45, 2.75) is 53.1 Å². The molecular formula is C30H34F2N2O4. The number of aliphatic hydroxyl groups is 1. The first-order valence-corrected chi connectivity index (χ1v) is 12.8. The monoisotopic (exact) mass is 524 g/mol. The average Bonchev–Trinajstić information content (AvgIpc) is 2.87. The Morgan fingerprint density at radius 1 is 1.11 bits per heavy atom. The predicted octanol–water partition coefficient (Wildman–Crippen LogP) is 5.70. The summed E-state index contributed by atoms with van der Waals surface area (Å²) in [6.07, 6.45) is 2.11. The van der Waals surface area contributed by atoms with Crippen molar-refractivity contribution >= 4 is 11.7 Å². The van der Waals surface area contributed by atoms with Gasteiger partial charge in [-0.25, -0.2) is 8.78 Å². The van der Waals surface area contributed by atoms with Crippen LogP contribution in [0.5, 0.6) is 5.75 Å². The number of hydrogen-bond acceptors (Lipinski definition) is 5. The highest BCUT2D eigenvalue weighted by Gasteiger charge is 2.31. The number of aryl methyl sites for hydroxylation is 1. The molecule has 1 aliphatic heterocycles. The van der Waals surface area contributed by atoms with Crippen LogP contribution in [0.2, 0.25) is 0 Å². The van der Waals surface area contributed by atoms with E-state index in [1.807, 2.05) is 0 Å². The van der Waals surface area contributed by atoms with E-state index in [4.69, 9.17) is 4.74 Å². The lowest BCUT2D eigenvalue weighted by molar-refractivity contribution is -0.136. The number of anilines is 1. The number of nitrogens with zero attached hydrogens (tertiary/aromatic N) is 2. The molecule has 0 saturated carbocycles. The summed E-state index contributed by atoms with van der Waals surface area (Å²) in [5, 5.41) is 19.9. The largest absolute Gasteiger partial charge is 0.490 e. The summed E-state index contributed by atoms with van der Waals surface area (Å²) in [4.78, 5) is 18.5. The molecule has 0 atom stereocenters. The van der Waals surface area contributed by atoms with E-state index in [9.17, 15) is 19.4 Å². The number of halogens is 2. The zero-order valence-electron chi connectivity index (χ0n) is 22.1. The number of carboxylic acids is 1. The number of pyridine rings is 1. The van der Waals surface area contributed by atoms with Crippen molar-refractivity contribution < 1.29 is 28.5 Å². The smallest absolute Gasteiger partial charge is 0.307 e. The van der Waals surface area contributed by atoms with E-state index < -0.39 is 11.8 Å². The second-order valence-electron chi connectivity index (χ2n) is 10.6. The van der Waals surface area contributed by atoms with E-state index in [2.05, 4.69) is 23.7 Å². The number of aliphatic hydroxyl groups excluding tert-OH is 1. The van der Waals surface area contributed by atoms with Crippen LogP contribution in [-0.2, 0) is 24.2 Å². The summed E-state index contributed by atoms with van der Waals surface area (Å²) < 4.78 is 34.0. The highest BCUT2D eigenvalue weighted by atomic mass is 19.1. The minimum Gasteiger partial charge on any atom is -0.490 e. The molecule has 0 amide bonds. The molecule has 2 N–H and O–H groups in total. The lowest BCUT2D eigenvalue weighted by atomic mass is 9.82. The molecule has 3 aromatic rings. The topological polar surface area (TPSA) is 82.9 Å². The molecule has 8 heteroatoms. The SMILES string of the molecule is Cc1nc(CO)c(-c2ccc(OCCc3ccc(F)cc3)c(F)c2)c(N2CCC(C)(C)CC2)c1CC(=O)O. The minimum absolute atomic E-state index is 0.0773. The van der Waals surface area contributed by atoms with Crippen LogP contribution in [0.4, 0.5) is 14.5 Å². The van der Waals surface area contributed by atoms with Gasteiger partial charge in [0.2, 0.25) is 0 Å². The first-order valence-electron chi connectivity index (χ1n) is 12.8. The Hall–Kier alpha value is -3.52. The van der Waals surface area contributed by atoms with Crippen molar-refractivity contribution in [2.24, 2.45) is 5.41 Å². The van der Waals surface area contributed by atoms with Crippen LogP contribution < -0.4 is 9.64 Å². The van der Waals surface area contributed by atoms with Gasteiger partial charge < -0.3 is 19.8 Å². The second kappa shape index (κ2) is 11.5. The molecule has 4 rings (SSSR count). The van der Waals surface area contributed by atoms with Gasteiger partial charge in [-0.05, 0) is 60.6 Å². The molecule has 1 aliphatic rings. The lowest BCUT2D eigenvalue weighted by Crippen LogP contribution is -2.38. The summed E-state index contributed by atoms with van der Waals surface area (Å²) >= 11 is 0. The summed E-state index contributed by atoms with van der Waals surface area (Å²) in [5.74, 6) is -1.79. The number of aromatic nitrogens is 1. The van der Waals surface area contributed by atoms with Gasteiger partial charge in [-0.3, -0.25) is 9.78 Å². The molecule has 0 radical (unpaired) electrons. The second-order valence-corrected chi connectivity index (χ2v) is 10.6. The Labute approximate surface area is 221 Å². The summed E-state index contributed by atoms with van der Waals surface area (Å²) in [6, 6.07) is 10.7. The van der Waals surface area contributed by atoms with Crippen molar-refractivity contribution in [1.82, 2.24) is 4.98 Å². The third kappa shape index (κ3) is 6.30. The molecule has 38 heavy (non-hydrogen) atoms. The summed E-state index contributed by atoms with van der Waals surface area (Å²) in [6.45, 7) is 7.45. The molecule has 2 aromatic carbocycles. The number of rotatable bonds is 9. The molecule has 2 heterocycles. The van der Waals surface area contributed by atoms with Gasteiger partial charge in [0.1, 0.15) is 5.82 Å². The van der Waals surface area contributed by atoms with Crippen LogP contribution in [0, 0.1) is 24.0 Å². The average molecular weight is 525 g/mol. The molecule has 1 fully saturated rings. The van der Waals surface area contributed by atoms with Gasteiger partial charge in [0.25, 0.3) is 0 Å². The minimum atomic E-state index is -0.979. The summed E-state index contributed by atoms with van der Waals surface area (Å²) in [5.41, 5.74) is 4.28. The molecule has 1 aromatic heterocycles. The Morgan fingerprint density at radius 3 is 2.39 bits per heavy atom. The van der Waals surface area contributed by atoms with Crippen molar-refractivity contribution in [2.75, 3.05) is 24.6 Å². The fourth-order valence-electron chi connectivity index (χ4n) is 4.95. The third-order valence-corrected chi connectivity index (χ3v) is 7.24. The van der Waals surface area contributed by atoms with Gasteiger partial charge in [-0.15, -0.1) is 0 Å². The van der Waals surface area contributed by atoms with Crippen LogP contribution in [0.15, 0.2) is 42.5 Å². The zero-order chi connectivity index (χ0) is 27.4. The lowest BCUT2D eigenvalue weighted by Gasteiger charge is -2.40. The van der Waals surface area contributed by atoms with Crippen LogP contribution in [-0.4, -0.2) is 40.9 Å². The Kier molecular flexibility index (Phi) is 8.31. The number of ether oxygens (including phenoxy) is 1. The van der Waals surface area contributed by atoms with E-state index in [1.54, 1.807) is 25.1 Å². The molecule has 0 spiro atoms. The van der Waals surface area contributed by atoms with Crippen molar-refractivity contribution in [1.29, 1.82) is 0 Å². The van der Waals surface area contributed by atoms with Crippen LogP contribution in [0.1, 0.15) is 49.2 Å². The van der Waals surface area contributed by atoms with Crippen molar-refractivity contribution in [3.05, 3.63) is 76.6 Å². The fourth-order valence-corrected chi connectivity index (χ4v) is 4.95. The Morgan fingerprint density at radius 2 is 1.79 bits per heavy atom. The third-order valence-electron chi connectivity index (χ3n) is 7.24. The van der Waals surface area contributed by atoms with Crippen LogP contribution >= 0.6 is 0 Å². The first kappa shape index (κ1) is 27.5. The maximum Gasteiger partial charge on any atom is 0.307 e. The number of aliphatic carboxylic acids is 1. The number of hydrogen-bond donors (Lipinski definition) is 2. The van der Waals surface area contributed by atoms with Crippen molar-refractivity contribution in [3.63, 3.8) is 0 Å². The fraction of sp³-hybridized carbons (Fsp3) is 0.400. The molecule has 202 valence electrons. The van der Waals surface area contributed by atoms with Gasteiger partial charge in [0, 0.05) is 36.3 Å². The molecule has 0 bridgehead atoms. The Balaban J connectivity index is 1.69. The predicted molar refractivity (Wildman–Crippen MR) is 142 cm³/mol. The summed E-state index contributed by atoms with van der Waals surface area (Å²) in [7, 11) is 0. The van der Waals surface area contributed by atoms with E-state index in [0.717, 1.165) is 18.4 Å². The standard InChI is InChI=1S/C30H34F2N2O4/c1-19-23(17-27(36)37)29(34-13-11-30(2,3)12-14-34)28(25(18-35)33-19)21-6-9-26(24(32)16-21)38-15-10-20-4-7-22(31)8-5-20/h4-9,16,35H,10-15,17-18H2,1-3H3,(H,36,37). The van der Waals surface area contributed by atoms with Gasteiger partial charge in [0.15, 0.2) is 11.6 Å². The van der Waals surface area contributed by atoms with E-state index in [0.29, 0.717) is 53.3 Å².